The molecule has 0 aromatic heterocycles. The van der Waals surface area contributed by atoms with Gasteiger partial charge in [-0.05, 0) is 56.3 Å². The number of nitro benzene ring substituents is 2. The smallest absolute Gasteiger partial charge is 0.338 e. The van der Waals surface area contributed by atoms with Crippen LogP contribution in [0.25, 0.3) is 0 Å². The number of anilines is 1. The number of aryl methyl sites for hydroxylation is 2. The first-order valence-corrected chi connectivity index (χ1v) is 14.3. The number of ether oxygens (including phenoxy) is 2. The number of fused-ring (bicyclic) bond motifs is 1. The van der Waals surface area contributed by atoms with Crippen molar-refractivity contribution >= 4 is 52.4 Å². The maximum Gasteiger partial charge on any atom is 0.338 e. The molecule has 49 heavy (non-hydrogen) atoms. The van der Waals surface area contributed by atoms with E-state index < -0.39 is 58.4 Å². The summed E-state index contributed by atoms with van der Waals surface area (Å²) in [6.45, 7) is 1.61. The van der Waals surface area contributed by atoms with Gasteiger partial charge in [0, 0.05) is 34.4 Å². The average molecular weight is 666 g/mol. The lowest BCUT2D eigenvalue weighted by Crippen LogP contribution is -2.29. The number of nitrogens with zero attached hydrogens (tertiary/aromatic N) is 3. The zero-order chi connectivity index (χ0) is 35.6. The molecule has 5 rings (SSSR count). The van der Waals surface area contributed by atoms with Gasteiger partial charge in [0.05, 0.1) is 37.8 Å². The van der Waals surface area contributed by atoms with Gasteiger partial charge in [-0.3, -0.25) is 39.4 Å². The van der Waals surface area contributed by atoms with E-state index in [1.54, 1.807) is 0 Å². The Hall–Kier alpha value is -6.90. The van der Waals surface area contributed by atoms with E-state index in [0.29, 0.717) is 11.1 Å². The van der Waals surface area contributed by atoms with Crippen molar-refractivity contribution in [3.8, 4) is 0 Å². The highest BCUT2D eigenvalue weighted by Crippen LogP contribution is 2.30. The zero-order valence-electron chi connectivity index (χ0n) is 25.7. The molecule has 1 heterocycles. The van der Waals surface area contributed by atoms with Gasteiger partial charge in [-0.15, -0.1) is 0 Å². The first-order valence-electron chi connectivity index (χ1n) is 14.3. The first kappa shape index (κ1) is 33.5. The quantitative estimate of drug-likeness (QED) is 0.0681. The molecule has 4 aromatic rings. The third kappa shape index (κ3) is 6.80. The third-order valence-electron chi connectivity index (χ3n) is 7.61. The molecule has 4 aromatic carbocycles. The molecule has 0 N–H and O–H groups in total. The number of benzene rings is 4. The number of carbonyl (C=O) groups excluding carboxylic acids is 6. The lowest BCUT2D eigenvalue weighted by atomic mass is 10.1. The van der Waals surface area contributed by atoms with Gasteiger partial charge in [0.2, 0.25) is 11.6 Å². The minimum Gasteiger partial charge on any atom is -0.454 e. The van der Waals surface area contributed by atoms with Gasteiger partial charge in [-0.25, -0.2) is 14.5 Å². The summed E-state index contributed by atoms with van der Waals surface area (Å²) in [7, 11) is 0. The highest BCUT2D eigenvalue weighted by atomic mass is 16.6. The molecule has 1 aliphatic rings. The largest absolute Gasteiger partial charge is 0.454 e. The van der Waals surface area contributed by atoms with Crippen LogP contribution in [0.15, 0.2) is 78.9 Å². The third-order valence-corrected chi connectivity index (χ3v) is 7.61. The predicted octanol–water partition coefficient (Wildman–Crippen LogP) is 5.00. The van der Waals surface area contributed by atoms with E-state index in [9.17, 15) is 49.0 Å². The molecule has 15 heteroatoms. The molecule has 0 atom stereocenters. The molecule has 0 aliphatic carbocycles. The maximum absolute atomic E-state index is 13.2. The van der Waals surface area contributed by atoms with Gasteiger partial charge < -0.3 is 9.47 Å². The lowest BCUT2D eigenvalue weighted by molar-refractivity contribution is -0.385. The number of ketones is 2. The molecule has 0 saturated carbocycles. The summed E-state index contributed by atoms with van der Waals surface area (Å²) in [6, 6.07) is 16.5. The van der Waals surface area contributed by atoms with Crippen LogP contribution in [-0.4, -0.2) is 58.4 Å². The summed E-state index contributed by atoms with van der Waals surface area (Å²) in [5, 5.41) is 22.3. The predicted molar refractivity (Wildman–Crippen MR) is 169 cm³/mol. The van der Waals surface area contributed by atoms with E-state index in [1.165, 1.54) is 74.5 Å². The average Bonchev–Trinajstić information content (AvgIpc) is 3.34. The summed E-state index contributed by atoms with van der Waals surface area (Å²) in [5.41, 5.74) is -0.0119. The van der Waals surface area contributed by atoms with Crippen molar-refractivity contribution in [2.24, 2.45) is 0 Å². The molecule has 0 unspecified atom stereocenters. The molecule has 0 fully saturated rings. The van der Waals surface area contributed by atoms with Crippen LogP contribution in [0.5, 0.6) is 0 Å². The Labute approximate surface area is 276 Å². The van der Waals surface area contributed by atoms with Crippen molar-refractivity contribution in [2.45, 2.75) is 13.8 Å². The van der Waals surface area contributed by atoms with Crippen molar-refractivity contribution < 1.29 is 48.1 Å². The number of Topliss-reactive ketones (excluding diaryl/α,β-unsaturated/α-hetero) is 2. The molecule has 15 nitrogen and oxygen atoms in total. The topological polar surface area (TPSA) is 210 Å². The summed E-state index contributed by atoms with van der Waals surface area (Å²) in [4.78, 5) is 98.5. The van der Waals surface area contributed by atoms with Crippen LogP contribution >= 0.6 is 0 Å². The monoisotopic (exact) mass is 665 g/mol. The van der Waals surface area contributed by atoms with Crippen LogP contribution in [0.4, 0.5) is 17.1 Å². The second-order valence-electron chi connectivity index (χ2n) is 10.8. The normalized spacial score (nSPS) is 11.9. The summed E-state index contributed by atoms with van der Waals surface area (Å²) < 4.78 is 10.1. The van der Waals surface area contributed by atoms with E-state index in [4.69, 9.17) is 9.47 Å². The minimum atomic E-state index is -0.974. The molecule has 0 bridgehead atoms. The Morgan fingerprint density at radius 1 is 0.592 bits per heavy atom. The van der Waals surface area contributed by atoms with Crippen molar-refractivity contribution in [1.29, 1.82) is 0 Å². The minimum absolute atomic E-state index is 0.00785. The summed E-state index contributed by atoms with van der Waals surface area (Å²) >= 11 is 0. The number of hydrogen-bond acceptors (Lipinski definition) is 12. The molecule has 2 amide bonds. The van der Waals surface area contributed by atoms with Gasteiger partial charge >= 0.3 is 11.9 Å². The van der Waals surface area contributed by atoms with Gasteiger partial charge in [-0.1, -0.05) is 24.3 Å². The molecule has 1 aliphatic heterocycles. The van der Waals surface area contributed by atoms with Gasteiger partial charge in [0.15, 0.2) is 13.2 Å². The second-order valence-corrected chi connectivity index (χ2v) is 10.8. The number of imide groups is 1. The SMILES string of the molecule is Cc1ccc(C(=O)COC(=O)c2ccc(N3C(=O)c4ccc(C(=O)OCC(=O)c5ccc(C)c([N+](=O)[O-])c5)cc4C3=O)cc2)cc1[N+](=O)[O-]. The van der Waals surface area contributed by atoms with Crippen LogP contribution < -0.4 is 4.90 Å². The Morgan fingerprint density at radius 3 is 1.51 bits per heavy atom. The fourth-order valence-electron chi connectivity index (χ4n) is 4.90. The maximum atomic E-state index is 13.2. The van der Waals surface area contributed by atoms with E-state index in [0.717, 1.165) is 23.1 Å². The van der Waals surface area contributed by atoms with Crippen LogP contribution in [0.1, 0.15) is 73.3 Å². The highest BCUT2D eigenvalue weighted by Gasteiger charge is 2.37. The summed E-state index contributed by atoms with van der Waals surface area (Å²) in [6.07, 6.45) is 0. The second kappa shape index (κ2) is 13.4. The zero-order valence-corrected chi connectivity index (χ0v) is 25.7. The Bertz CT molecular complexity index is 2120. The van der Waals surface area contributed by atoms with Crippen LogP contribution in [0.2, 0.25) is 0 Å². The highest BCUT2D eigenvalue weighted by molar-refractivity contribution is 6.34. The van der Waals surface area contributed by atoms with Crippen LogP contribution in [0.3, 0.4) is 0 Å². The first-order chi connectivity index (χ1) is 23.3. The van der Waals surface area contributed by atoms with Crippen LogP contribution in [-0.2, 0) is 9.47 Å². The van der Waals surface area contributed by atoms with Crippen molar-refractivity contribution in [3.63, 3.8) is 0 Å². The van der Waals surface area contributed by atoms with E-state index in [-0.39, 0.29) is 50.4 Å². The lowest BCUT2D eigenvalue weighted by Gasteiger charge is -2.14. The van der Waals surface area contributed by atoms with Gasteiger partial charge in [0.1, 0.15) is 0 Å². The molecular formula is C34H23N3O12. The van der Waals surface area contributed by atoms with E-state index in [1.807, 2.05) is 0 Å². The number of esters is 2. The Balaban J connectivity index is 1.22. The fraction of sp³-hybridized carbons (Fsp3) is 0.118. The standard InChI is InChI=1S/C34H23N3O12/c1-18-3-5-21(14-27(18)36(44)45)29(38)16-48-33(42)20-7-10-24(11-8-20)35-31(40)25-12-9-23(13-26(25)32(35)41)34(43)49-17-30(39)22-6-4-19(2)28(15-22)37(46)47/h3-15H,16-17H2,1-2H3. The van der Waals surface area contributed by atoms with Gasteiger partial charge in [-0.2, -0.15) is 0 Å². The van der Waals surface area contributed by atoms with Crippen molar-refractivity contribution in [3.05, 3.63) is 144 Å². The van der Waals surface area contributed by atoms with Gasteiger partial charge in [0.25, 0.3) is 23.2 Å². The number of rotatable bonds is 11. The van der Waals surface area contributed by atoms with Crippen LogP contribution in [0, 0.1) is 34.1 Å². The Kier molecular flexibility index (Phi) is 9.18. The molecule has 0 saturated heterocycles. The summed E-state index contributed by atoms with van der Waals surface area (Å²) in [5.74, 6) is -4.70. The van der Waals surface area contributed by atoms with Crippen molar-refractivity contribution in [1.82, 2.24) is 0 Å². The van der Waals surface area contributed by atoms with E-state index in [2.05, 4.69) is 0 Å². The Morgan fingerprint density at radius 2 is 1.02 bits per heavy atom. The number of hydrogen-bond donors (Lipinski definition) is 0. The molecule has 0 radical (unpaired) electrons. The molecular weight excluding hydrogens is 642 g/mol. The van der Waals surface area contributed by atoms with Crippen molar-refractivity contribution in [2.75, 3.05) is 18.1 Å². The number of nitro groups is 2. The fourth-order valence-corrected chi connectivity index (χ4v) is 4.90. The number of carbonyl (C=O) groups is 6. The van der Waals surface area contributed by atoms with E-state index >= 15 is 0 Å². The molecule has 246 valence electrons. The number of amides is 2. The molecule has 0 spiro atoms.